The van der Waals surface area contributed by atoms with Crippen LogP contribution >= 0.6 is 23.2 Å². The number of carboxylic acids is 1. The topological polar surface area (TPSA) is 42.2 Å². The Hall–Kier alpha value is -1.66. The maximum atomic E-state index is 12.8. The number of hydrogen-bond donors (Lipinski definition) is 1. The number of carboxylic acid groups (broad SMARTS) is 1. The molecule has 3 nitrogen and oxygen atoms in total. The second-order valence-electron chi connectivity index (χ2n) is 4.26. The number of alkyl halides is 3. The van der Waals surface area contributed by atoms with Crippen LogP contribution in [0.2, 0.25) is 10.0 Å². The van der Waals surface area contributed by atoms with Crippen LogP contribution in [0.3, 0.4) is 0 Å². The van der Waals surface area contributed by atoms with Gasteiger partial charge in [0.2, 0.25) is 0 Å². The van der Waals surface area contributed by atoms with Gasteiger partial charge in [-0.3, -0.25) is 0 Å². The number of aromatic nitrogens is 1. The van der Waals surface area contributed by atoms with E-state index in [1.54, 1.807) is 18.2 Å². The Balaban J connectivity index is 2.45. The van der Waals surface area contributed by atoms with Crippen molar-refractivity contribution in [3.63, 3.8) is 0 Å². The Bertz CT molecular complexity index is 675. The van der Waals surface area contributed by atoms with E-state index in [4.69, 9.17) is 28.3 Å². The molecule has 0 fully saturated rings. The molecule has 0 amide bonds. The van der Waals surface area contributed by atoms with Crippen LogP contribution in [0.25, 0.3) is 0 Å². The van der Waals surface area contributed by atoms with Crippen molar-refractivity contribution in [2.45, 2.75) is 12.7 Å². The van der Waals surface area contributed by atoms with E-state index in [0.29, 0.717) is 15.6 Å². The van der Waals surface area contributed by atoms with Gasteiger partial charge in [-0.1, -0.05) is 29.3 Å². The predicted molar refractivity (Wildman–Crippen MR) is 72.0 cm³/mol. The van der Waals surface area contributed by atoms with Gasteiger partial charge in [0, 0.05) is 34.5 Å². The van der Waals surface area contributed by atoms with Crippen LogP contribution in [0.1, 0.15) is 21.5 Å². The Kier molecular flexibility index (Phi) is 4.20. The third kappa shape index (κ3) is 3.33. The van der Waals surface area contributed by atoms with E-state index < -0.39 is 23.3 Å². The molecule has 0 radical (unpaired) electrons. The van der Waals surface area contributed by atoms with Gasteiger partial charge in [0.25, 0.3) is 0 Å². The molecule has 0 saturated carbocycles. The van der Waals surface area contributed by atoms with Crippen molar-refractivity contribution >= 4 is 29.2 Å². The summed E-state index contributed by atoms with van der Waals surface area (Å²) in [7, 11) is 0. The number of halogens is 5. The molecule has 1 heterocycles. The third-order valence-corrected chi connectivity index (χ3v) is 3.53. The number of carbonyl (C=O) groups is 1. The summed E-state index contributed by atoms with van der Waals surface area (Å²) < 4.78 is 39.5. The Morgan fingerprint density at radius 2 is 1.76 bits per heavy atom. The maximum Gasteiger partial charge on any atom is 0.418 e. The highest BCUT2D eigenvalue weighted by atomic mass is 35.5. The van der Waals surface area contributed by atoms with Crippen LogP contribution in [0.5, 0.6) is 0 Å². The van der Waals surface area contributed by atoms with Gasteiger partial charge < -0.3 is 9.67 Å². The molecule has 1 aromatic carbocycles. The van der Waals surface area contributed by atoms with Gasteiger partial charge in [-0.05, 0) is 12.1 Å². The van der Waals surface area contributed by atoms with Crippen molar-refractivity contribution in [1.82, 2.24) is 4.57 Å². The molecule has 2 aromatic rings. The van der Waals surface area contributed by atoms with Crippen LogP contribution in [-0.4, -0.2) is 15.6 Å². The number of nitrogens with zero attached hydrogens (tertiary/aromatic N) is 1. The maximum absolute atomic E-state index is 12.8. The van der Waals surface area contributed by atoms with Crippen molar-refractivity contribution < 1.29 is 23.1 Å². The first kappa shape index (κ1) is 15.7. The van der Waals surface area contributed by atoms with Crippen LogP contribution in [-0.2, 0) is 12.7 Å². The quantitative estimate of drug-likeness (QED) is 0.891. The number of hydrogen-bond acceptors (Lipinski definition) is 1. The summed E-state index contributed by atoms with van der Waals surface area (Å²) in [5, 5.41) is 9.44. The van der Waals surface area contributed by atoms with Gasteiger partial charge in [0.05, 0.1) is 11.1 Å². The fourth-order valence-electron chi connectivity index (χ4n) is 1.86. The molecular weight excluding hydrogens is 330 g/mol. The molecule has 0 unspecified atom stereocenters. The van der Waals surface area contributed by atoms with Gasteiger partial charge >= 0.3 is 12.1 Å². The van der Waals surface area contributed by atoms with E-state index in [1.165, 1.54) is 0 Å². The summed E-state index contributed by atoms with van der Waals surface area (Å²) in [4.78, 5) is 10.9. The minimum Gasteiger partial charge on any atom is -0.478 e. The lowest BCUT2D eigenvalue weighted by atomic mass is 10.2. The minimum atomic E-state index is -4.75. The molecule has 1 N–H and O–H groups in total. The van der Waals surface area contributed by atoms with E-state index in [2.05, 4.69) is 0 Å². The molecule has 1 aromatic heterocycles. The van der Waals surface area contributed by atoms with E-state index in [1.807, 2.05) is 0 Å². The van der Waals surface area contributed by atoms with E-state index >= 15 is 0 Å². The van der Waals surface area contributed by atoms with Gasteiger partial charge in [-0.25, -0.2) is 4.79 Å². The molecule has 2 rings (SSSR count). The Labute approximate surface area is 127 Å². The highest BCUT2D eigenvalue weighted by Gasteiger charge is 2.37. The highest BCUT2D eigenvalue weighted by molar-refractivity contribution is 6.35. The van der Waals surface area contributed by atoms with Crippen molar-refractivity contribution in [2.24, 2.45) is 0 Å². The molecule has 0 spiro atoms. The SMILES string of the molecule is O=C(O)c1cn(Cc2c(Cl)cccc2Cl)cc1C(F)(F)F. The summed E-state index contributed by atoms with van der Waals surface area (Å²) in [6, 6.07) is 4.71. The monoisotopic (exact) mass is 337 g/mol. The first-order chi connectivity index (χ1) is 9.70. The molecule has 8 heteroatoms. The molecular formula is C13H8Cl2F3NO2. The molecule has 0 bridgehead atoms. The molecule has 0 aliphatic rings. The van der Waals surface area contributed by atoms with E-state index in [0.717, 1.165) is 17.0 Å². The van der Waals surface area contributed by atoms with Crippen molar-refractivity contribution in [3.05, 3.63) is 57.3 Å². The predicted octanol–water partition coefficient (Wildman–Crippen LogP) is 4.56. The fourth-order valence-corrected chi connectivity index (χ4v) is 2.38. The number of benzene rings is 1. The van der Waals surface area contributed by atoms with Crippen molar-refractivity contribution in [2.75, 3.05) is 0 Å². The van der Waals surface area contributed by atoms with E-state index in [9.17, 15) is 18.0 Å². The summed E-state index contributed by atoms with van der Waals surface area (Å²) in [5.41, 5.74) is -1.61. The zero-order valence-corrected chi connectivity index (χ0v) is 11.8. The van der Waals surface area contributed by atoms with Gasteiger partial charge in [-0.15, -0.1) is 0 Å². The number of aromatic carboxylic acids is 1. The average molecular weight is 338 g/mol. The summed E-state index contributed by atoms with van der Waals surface area (Å²) in [5.74, 6) is -1.65. The molecule has 21 heavy (non-hydrogen) atoms. The standard InChI is InChI=1S/C13H8Cl2F3NO2/c14-10-2-1-3-11(15)8(10)5-19-4-7(12(20)21)9(6-19)13(16,17)18/h1-4,6H,5H2,(H,20,21). The average Bonchev–Trinajstić information content (AvgIpc) is 2.78. The van der Waals surface area contributed by atoms with Gasteiger partial charge in [0.15, 0.2) is 0 Å². The summed E-state index contributed by atoms with van der Waals surface area (Å²) in [6.45, 7) is -0.0606. The van der Waals surface area contributed by atoms with Crippen LogP contribution in [0.4, 0.5) is 13.2 Å². The lowest BCUT2D eigenvalue weighted by Crippen LogP contribution is -2.09. The first-order valence-electron chi connectivity index (χ1n) is 5.63. The second kappa shape index (κ2) is 5.61. The van der Waals surface area contributed by atoms with Crippen molar-refractivity contribution in [3.8, 4) is 0 Å². The first-order valence-corrected chi connectivity index (χ1v) is 6.39. The second-order valence-corrected chi connectivity index (χ2v) is 5.08. The number of rotatable bonds is 3. The fraction of sp³-hybridized carbons (Fsp3) is 0.154. The van der Waals surface area contributed by atoms with E-state index in [-0.39, 0.29) is 6.54 Å². The Morgan fingerprint density at radius 1 is 1.19 bits per heavy atom. The largest absolute Gasteiger partial charge is 0.478 e. The minimum absolute atomic E-state index is 0.0606. The molecule has 112 valence electrons. The smallest absolute Gasteiger partial charge is 0.418 e. The zero-order chi connectivity index (χ0) is 15.8. The van der Waals surface area contributed by atoms with Crippen LogP contribution < -0.4 is 0 Å². The van der Waals surface area contributed by atoms with Crippen molar-refractivity contribution in [1.29, 1.82) is 0 Å². The summed E-state index contributed by atoms with van der Waals surface area (Å²) >= 11 is 11.9. The van der Waals surface area contributed by atoms with Crippen LogP contribution in [0.15, 0.2) is 30.6 Å². The molecule has 0 atom stereocenters. The third-order valence-electron chi connectivity index (χ3n) is 2.82. The van der Waals surface area contributed by atoms with Gasteiger partial charge in [-0.2, -0.15) is 13.2 Å². The summed E-state index contributed by atoms with van der Waals surface area (Å²) in [6.07, 6.45) is -3.11. The van der Waals surface area contributed by atoms with Gasteiger partial charge in [0.1, 0.15) is 0 Å². The zero-order valence-electron chi connectivity index (χ0n) is 10.3. The highest BCUT2D eigenvalue weighted by Crippen LogP contribution is 2.33. The lowest BCUT2D eigenvalue weighted by Gasteiger charge is -2.08. The van der Waals surface area contributed by atoms with Crippen LogP contribution in [0, 0.1) is 0 Å². The molecule has 0 aliphatic carbocycles. The molecule has 0 aliphatic heterocycles. The lowest BCUT2D eigenvalue weighted by molar-refractivity contribution is -0.138. The Morgan fingerprint density at radius 3 is 2.19 bits per heavy atom. The molecule has 0 saturated heterocycles. The normalized spacial score (nSPS) is 11.7.